The molecule has 1 saturated heterocycles. The number of carbonyl (C=O) groups excluding carboxylic acids is 1. The summed E-state index contributed by atoms with van der Waals surface area (Å²) in [4.78, 5) is 26.3. The Morgan fingerprint density at radius 2 is 1.58 bits per heavy atom. The first-order valence-electron chi connectivity index (χ1n) is 10.6. The number of fused-ring (bicyclic) bond motifs is 1. The van der Waals surface area contributed by atoms with Crippen LogP contribution in [0.3, 0.4) is 0 Å². The van der Waals surface area contributed by atoms with Gasteiger partial charge in [0, 0.05) is 18.7 Å². The Hall–Kier alpha value is -3.34. The number of piperidine rings is 1. The van der Waals surface area contributed by atoms with Crippen molar-refractivity contribution in [2.75, 3.05) is 13.1 Å². The maximum atomic E-state index is 13.2. The van der Waals surface area contributed by atoms with Crippen molar-refractivity contribution in [1.82, 2.24) is 4.90 Å². The highest BCUT2D eigenvalue weighted by Crippen LogP contribution is 2.31. The number of carbonyl (C=O) groups is 2. The van der Waals surface area contributed by atoms with Crippen LogP contribution in [0.2, 0.25) is 0 Å². The first kappa shape index (κ1) is 20.9. The van der Waals surface area contributed by atoms with Crippen molar-refractivity contribution in [3.8, 4) is 5.75 Å². The van der Waals surface area contributed by atoms with Crippen LogP contribution >= 0.6 is 0 Å². The molecule has 5 nitrogen and oxygen atoms in total. The molecule has 1 heterocycles. The summed E-state index contributed by atoms with van der Waals surface area (Å²) in [6.07, 6.45) is 1.80. The maximum absolute atomic E-state index is 13.2. The van der Waals surface area contributed by atoms with Crippen molar-refractivity contribution in [3.63, 3.8) is 0 Å². The first-order chi connectivity index (χ1) is 14.8. The van der Waals surface area contributed by atoms with E-state index in [0.717, 1.165) is 42.3 Å². The Labute approximate surface area is 182 Å². The van der Waals surface area contributed by atoms with Gasteiger partial charge in [-0.25, -0.2) is 4.79 Å². The van der Waals surface area contributed by atoms with E-state index >= 15 is 0 Å². The smallest absolute Gasteiger partial charge is 0.347 e. The van der Waals surface area contributed by atoms with Gasteiger partial charge in [0.2, 0.25) is 0 Å². The van der Waals surface area contributed by atoms with Gasteiger partial charge in [-0.15, -0.1) is 0 Å². The Morgan fingerprint density at radius 3 is 2.26 bits per heavy atom. The van der Waals surface area contributed by atoms with Crippen molar-refractivity contribution < 1.29 is 19.4 Å². The normalized spacial score (nSPS) is 15.1. The van der Waals surface area contributed by atoms with E-state index in [2.05, 4.69) is 0 Å². The summed E-state index contributed by atoms with van der Waals surface area (Å²) in [5.41, 5.74) is 0.686. The van der Waals surface area contributed by atoms with E-state index in [-0.39, 0.29) is 5.91 Å². The van der Waals surface area contributed by atoms with Crippen LogP contribution in [0.1, 0.15) is 48.5 Å². The molecule has 0 unspecified atom stereocenters. The highest BCUT2D eigenvalue weighted by molar-refractivity contribution is 6.07. The van der Waals surface area contributed by atoms with Crippen LogP contribution in [0.4, 0.5) is 0 Å². The van der Waals surface area contributed by atoms with Gasteiger partial charge in [0.1, 0.15) is 5.75 Å². The van der Waals surface area contributed by atoms with Crippen molar-refractivity contribution in [1.29, 1.82) is 0 Å². The number of aliphatic carboxylic acids is 1. The average molecular weight is 418 g/mol. The fraction of sp³-hybridized carbons (Fsp3) is 0.308. The second kappa shape index (κ2) is 8.42. The molecular formula is C26H27NO4. The fourth-order valence-corrected chi connectivity index (χ4v) is 4.14. The molecule has 1 N–H and O–H groups in total. The lowest BCUT2D eigenvalue weighted by molar-refractivity contribution is -0.152. The van der Waals surface area contributed by atoms with Crippen molar-refractivity contribution in [2.45, 2.75) is 38.2 Å². The van der Waals surface area contributed by atoms with Crippen LogP contribution in [0.25, 0.3) is 10.8 Å². The zero-order valence-corrected chi connectivity index (χ0v) is 17.9. The average Bonchev–Trinajstić information content (AvgIpc) is 2.78. The molecule has 1 aliphatic heterocycles. The second-order valence-electron chi connectivity index (χ2n) is 8.58. The van der Waals surface area contributed by atoms with E-state index in [1.165, 1.54) is 19.4 Å². The molecule has 0 aliphatic carbocycles. The number of hydrogen-bond acceptors (Lipinski definition) is 3. The zero-order chi connectivity index (χ0) is 22.0. The molecule has 0 aromatic heterocycles. The monoisotopic (exact) mass is 417 g/mol. The minimum Gasteiger partial charge on any atom is -0.478 e. The molecule has 0 radical (unpaired) electrons. The predicted octanol–water partition coefficient (Wildman–Crippen LogP) is 5.10. The standard InChI is InChI=1S/C26H27NO4/c1-26(2,25(29)30)31-21-12-10-18(11-13-21)19-14-16-27(17-15-19)24(28)23-9-5-7-20-6-3-4-8-22(20)23/h3-13,19H,14-17H2,1-2H3,(H,29,30). The lowest BCUT2D eigenvalue weighted by atomic mass is 9.89. The van der Waals surface area contributed by atoms with Gasteiger partial charge in [0.15, 0.2) is 5.60 Å². The Balaban J connectivity index is 1.40. The molecule has 1 aliphatic rings. The summed E-state index contributed by atoms with van der Waals surface area (Å²) in [5.74, 6) is 0.00697. The molecule has 0 bridgehead atoms. The summed E-state index contributed by atoms with van der Waals surface area (Å²) in [6, 6.07) is 21.5. The van der Waals surface area contributed by atoms with Crippen molar-refractivity contribution >= 4 is 22.6 Å². The van der Waals surface area contributed by atoms with E-state index in [0.29, 0.717) is 11.7 Å². The van der Waals surface area contributed by atoms with Gasteiger partial charge in [-0.3, -0.25) is 4.79 Å². The van der Waals surface area contributed by atoms with E-state index in [9.17, 15) is 14.7 Å². The van der Waals surface area contributed by atoms with Gasteiger partial charge >= 0.3 is 5.97 Å². The van der Waals surface area contributed by atoms with Crippen LogP contribution in [-0.4, -0.2) is 40.6 Å². The molecule has 0 spiro atoms. The van der Waals surface area contributed by atoms with E-state index < -0.39 is 11.6 Å². The van der Waals surface area contributed by atoms with E-state index in [1.807, 2.05) is 71.6 Å². The number of carboxylic acid groups (broad SMARTS) is 1. The quantitative estimate of drug-likeness (QED) is 0.627. The Morgan fingerprint density at radius 1 is 0.935 bits per heavy atom. The van der Waals surface area contributed by atoms with Gasteiger partial charge in [-0.1, -0.05) is 48.5 Å². The Bertz CT molecular complexity index is 1090. The summed E-state index contributed by atoms with van der Waals surface area (Å²) >= 11 is 0. The molecule has 160 valence electrons. The highest BCUT2D eigenvalue weighted by Gasteiger charge is 2.30. The molecule has 0 saturated carbocycles. The number of carboxylic acids is 1. The Kier molecular flexibility index (Phi) is 5.68. The third-order valence-electron chi connectivity index (χ3n) is 6.04. The number of rotatable bonds is 5. The number of hydrogen-bond donors (Lipinski definition) is 1. The number of ether oxygens (including phenoxy) is 1. The molecule has 31 heavy (non-hydrogen) atoms. The largest absolute Gasteiger partial charge is 0.478 e. The molecule has 3 aromatic carbocycles. The minimum atomic E-state index is -1.27. The predicted molar refractivity (Wildman–Crippen MR) is 121 cm³/mol. The third kappa shape index (κ3) is 4.41. The van der Waals surface area contributed by atoms with Crippen LogP contribution in [0.15, 0.2) is 66.7 Å². The first-order valence-corrected chi connectivity index (χ1v) is 10.6. The van der Waals surface area contributed by atoms with Crippen LogP contribution in [-0.2, 0) is 4.79 Å². The van der Waals surface area contributed by atoms with Crippen LogP contribution in [0.5, 0.6) is 5.75 Å². The molecule has 1 fully saturated rings. The van der Waals surface area contributed by atoms with E-state index in [1.54, 1.807) is 0 Å². The van der Waals surface area contributed by atoms with Crippen LogP contribution < -0.4 is 4.74 Å². The SMILES string of the molecule is CC(C)(Oc1ccc(C2CCN(C(=O)c3cccc4ccccc34)CC2)cc1)C(=O)O. The highest BCUT2D eigenvalue weighted by atomic mass is 16.5. The number of likely N-dealkylation sites (tertiary alicyclic amines) is 1. The van der Waals surface area contributed by atoms with Crippen molar-refractivity contribution in [2.24, 2.45) is 0 Å². The number of nitrogens with zero attached hydrogens (tertiary/aromatic N) is 1. The second-order valence-corrected chi connectivity index (χ2v) is 8.58. The lowest BCUT2D eigenvalue weighted by Crippen LogP contribution is -2.38. The number of benzene rings is 3. The molecule has 1 amide bonds. The van der Waals surface area contributed by atoms with Crippen LogP contribution in [0, 0.1) is 0 Å². The van der Waals surface area contributed by atoms with E-state index in [4.69, 9.17) is 4.74 Å². The third-order valence-corrected chi connectivity index (χ3v) is 6.04. The van der Waals surface area contributed by atoms with Crippen molar-refractivity contribution in [3.05, 3.63) is 77.9 Å². The fourth-order valence-electron chi connectivity index (χ4n) is 4.14. The van der Waals surface area contributed by atoms with Gasteiger partial charge in [-0.2, -0.15) is 0 Å². The molecule has 0 atom stereocenters. The molecule has 5 heteroatoms. The molecular weight excluding hydrogens is 390 g/mol. The van der Waals surface area contributed by atoms with Gasteiger partial charge < -0.3 is 14.7 Å². The lowest BCUT2D eigenvalue weighted by Gasteiger charge is -2.32. The molecule has 4 rings (SSSR count). The zero-order valence-electron chi connectivity index (χ0n) is 17.9. The molecule has 3 aromatic rings. The van der Waals surface area contributed by atoms with Gasteiger partial charge in [-0.05, 0) is 67.1 Å². The van der Waals surface area contributed by atoms with Gasteiger partial charge in [0.05, 0.1) is 0 Å². The summed E-state index contributed by atoms with van der Waals surface area (Å²) < 4.78 is 5.59. The summed E-state index contributed by atoms with van der Waals surface area (Å²) in [5, 5.41) is 11.3. The number of amides is 1. The van der Waals surface area contributed by atoms with Gasteiger partial charge in [0.25, 0.3) is 5.91 Å². The maximum Gasteiger partial charge on any atom is 0.347 e. The summed E-state index contributed by atoms with van der Waals surface area (Å²) in [6.45, 7) is 4.51. The summed E-state index contributed by atoms with van der Waals surface area (Å²) in [7, 11) is 0. The minimum absolute atomic E-state index is 0.0925. The topological polar surface area (TPSA) is 66.8 Å².